The van der Waals surface area contributed by atoms with Gasteiger partial charge >= 0.3 is 0 Å². The van der Waals surface area contributed by atoms with E-state index in [0.717, 1.165) is 30.8 Å². The van der Waals surface area contributed by atoms with E-state index in [9.17, 15) is 0 Å². The van der Waals surface area contributed by atoms with E-state index >= 15 is 0 Å². The molecule has 1 unspecified atom stereocenters. The molecular formula is C26H39NO4. The van der Waals surface area contributed by atoms with Gasteiger partial charge in [0.1, 0.15) is 5.75 Å². The molecule has 0 heterocycles. The molecule has 0 radical (unpaired) electrons. The average molecular weight is 430 g/mol. The smallest absolute Gasteiger partial charge is 0.203 e. The summed E-state index contributed by atoms with van der Waals surface area (Å²) in [6, 6.07) is 12.3. The molecule has 5 nitrogen and oxygen atoms in total. The lowest BCUT2D eigenvalue weighted by Gasteiger charge is -2.20. The van der Waals surface area contributed by atoms with Crippen molar-refractivity contribution in [2.75, 3.05) is 34.5 Å². The second-order valence-electron chi connectivity index (χ2n) is 7.86. The van der Waals surface area contributed by atoms with Crippen LogP contribution in [0.4, 0.5) is 0 Å². The van der Waals surface area contributed by atoms with E-state index in [0.29, 0.717) is 23.8 Å². The second kappa shape index (κ2) is 13.8. The third-order valence-electron chi connectivity index (χ3n) is 5.62. The highest BCUT2D eigenvalue weighted by atomic mass is 16.5. The fraction of sp³-hybridized carbons (Fsp3) is 0.538. The number of hydrogen-bond donors (Lipinski definition) is 1. The van der Waals surface area contributed by atoms with Gasteiger partial charge in [0.2, 0.25) is 5.75 Å². The Hall–Kier alpha value is -2.40. The summed E-state index contributed by atoms with van der Waals surface area (Å²) in [6.07, 6.45) is 8.44. The van der Waals surface area contributed by atoms with Gasteiger partial charge in [0, 0.05) is 5.92 Å². The van der Waals surface area contributed by atoms with Gasteiger partial charge in [-0.25, -0.2) is 0 Å². The van der Waals surface area contributed by atoms with Gasteiger partial charge < -0.3 is 24.7 Å². The highest BCUT2D eigenvalue weighted by Crippen LogP contribution is 2.40. The molecule has 0 saturated heterocycles. The minimum absolute atomic E-state index is 0.142. The Morgan fingerprint density at radius 2 is 1.42 bits per heavy atom. The third-order valence-corrected chi connectivity index (χ3v) is 5.62. The second-order valence-corrected chi connectivity index (χ2v) is 7.86. The maximum Gasteiger partial charge on any atom is 0.203 e. The van der Waals surface area contributed by atoms with Gasteiger partial charge in [-0.2, -0.15) is 0 Å². The van der Waals surface area contributed by atoms with Crippen LogP contribution in [0.1, 0.15) is 62.5 Å². The minimum Gasteiger partial charge on any atom is -0.494 e. The molecule has 2 N–H and O–H groups in total. The van der Waals surface area contributed by atoms with Crippen molar-refractivity contribution >= 4 is 0 Å². The van der Waals surface area contributed by atoms with E-state index in [4.69, 9.17) is 24.7 Å². The van der Waals surface area contributed by atoms with Crippen molar-refractivity contribution in [2.24, 2.45) is 5.73 Å². The summed E-state index contributed by atoms with van der Waals surface area (Å²) < 4.78 is 22.3. The first kappa shape index (κ1) is 24.9. The Bertz CT molecular complexity index is 735. The van der Waals surface area contributed by atoms with Gasteiger partial charge in [-0.15, -0.1) is 0 Å². The monoisotopic (exact) mass is 429 g/mol. The van der Waals surface area contributed by atoms with Crippen LogP contribution in [0.15, 0.2) is 36.4 Å². The Morgan fingerprint density at radius 1 is 0.806 bits per heavy atom. The number of benzene rings is 2. The van der Waals surface area contributed by atoms with Crippen LogP contribution >= 0.6 is 0 Å². The Balaban J connectivity index is 1.95. The van der Waals surface area contributed by atoms with E-state index in [1.54, 1.807) is 21.3 Å². The molecule has 0 spiro atoms. The Morgan fingerprint density at radius 3 is 1.97 bits per heavy atom. The fourth-order valence-corrected chi connectivity index (χ4v) is 3.75. The van der Waals surface area contributed by atoms with Crippen molar-refractivity contribution in [2.45, 2.75) is 57.8 Å². The van der Waals surface area contributed by atoms with Crippen LogP contribution in [0.25, 0.3) is 0 Å². The zero-order chi connectivity index (χ0) is 22.5. The van der Waals surface area contributed by atoms with Gasteiger partial charge in [-0.1, -0.05) is 51.2 Å². The van der Waals surface area contributed by atoms with Gasteiger partial charge in [0.15, 0.2) is 11.5 Å². The molecule has 2 aromatic rings. The van der Waals surface area contributed by atoms with Crippen molar-refractivity contribution in [1.29, 1.82) is 0 Å². The molecular weight excluding hydrogens is 390 g/mol. The number of methoxy groups -OCH3 is 3. The zero-order valence-corrected chi connectivity index (χ0v) is 19.6. The van der Waals surface area contributed by atoms with Crippen LogP contribution in [0.3, 0.4) is 0 Å². The molecule has 2 rings (SSSR count). The summed E-state index contributed by atoms with van der Waals surface area (Å²) in [4.78, 5) is 0. The van der Waals surface area contributed by atoms with Crippen molar-refractivity contribution in [3.63, 3.8) is 0 Å². The predicted octanol–water partition coefficient (Wildman–Crippen LogP) is 5.74. The number of rotatable bonds is 15. The number of ether oxygens (including phenoxy) is 4. The van der Waals surface area contributed by atoms with Gasteiger partial charge in [-0.3, -0.25) is 0 Å². The molecule has 0 aromatic heterocycles. The lowest BCUT2D eigenvalue weighted by atomic mass is 9.91. The third kappa shape index (κ3) is 7.66. The van der Waals surface area contributed by atoms with Gasteiger partial charge in [-0.05, 0) is 54.8 Å². The molecule has 2 aromatic carbocycles. The van der Waals surface area contributed by atoms with Crippen LogP contribution < -0.4 is 24.7 Å². The average Bonchev–Trinajstić information content (AvgIpc) is 2.81. The predicted molar refractivity (Wildman–Crippen MR) is 127 cm³/mol. The van der Waals surface area contributed by atoms with Crippen molar-refractivity contribution < 1.29 is 18.9 Å². The number of hydrogen-bond acceptors (Lipinski definition) is 5. The molecule has 1 atom stereocenters. The molecule has 0 aliphatic carbocycles. The molecule has 31 heavy (non-hydrogen) atoms. The maximum atomic E-state index is 6.12. The normalized spacial score (nSPS) is 11.8. The van der Waals surface area contributed by atoms with E-state index in [2.05, 4.69) is 31.2 Å². The highest BCUT2D eigenvalue weighted by molar-refractivity contribution is 5.54. The standard InChI is InChI=1S/C26H39NO4/c1-5-6-7-8-9-10-15-31-23-13-11-20(12-14-23)16-22(19-27)21-17-24(28-2)26(30-4)25(18-21)29-3/h11-14,17-18,22H,5-10,15-16,19,27H2,1-4H3. The van der Waals surface area contributed by atoms with Crippen LogP contribution in [0.2, 0.25) is 0 Å². The SMILES string of the molecule is CCCCCCCCOc1ccc(CC(CN)c2cc(OC)c(OC)c(OC)c2)cc1. The number of unbranched alkanes of at least 4 members (excludes halogenated alkanes) is 5. The summed E-state index contributed by atoms with van der Waals surface area (Å²) in [5, 5.41) is 0. The van der Waals surface area contributed by atoms with E-state index in [1.807, 2.05) is 12.1 Å². The molecule has 5 heteroatoms. The lowest BCUT2D eigenvalue weighted by Crippen LogP contribution is -2.15. The first-order chi connectivity index (χ1) is 15.2. The van der Waals surface area contributed by atoms with Crippen LogP contribution in [-0.2, 0) is 6.42 Å². The van der Waals surface area contributed by atoms with Crippen LogP contribution in [0, 0.1) is 0 Å². The van der Waals surface area contributed by atoms with Gasteiger partial charge in [0.25, 0.3) is 0 Å². The van der Waals surface area contributed by atoms with Crippen molar-refractivity contribution in [3.8, 4) is 23.0 Å². The van der Waals surface area contributed by atoms with Gasteiger partial charge in [0.05, 0.1) is 27.9 Å². The quantitative estimate of drug-likeness (QED) is 0.366. The molecule has 0 saturated carbocycles. The molecule has 172 valence electrons. The molecule has 0 bridgehead atoms. The van der Waals surface area contributed by atoms with E-state index in [-0.39, 0.29) is 5.92 Å². The Labute approximate surface area is 187 Å². The first-order valence-electron chi connectivity index (χ1n) is 11.4. The van der Waals surface area contributed by atoms with Crippen molar-refractivity contribution in [3.05, 3.63) is 47.5 Å². The summed E-state index contributed by atoms with van der Waals surface area (Å²) in [5.41, 5.74) is 8.41. The van der Waals surface area contributed by atoms with Crippen molar-refractivity contribution in [1.82, 2.24) is 0 Å². The topological polar surface area (TPSA) is 62.9 Å². The first-order valence-corrected chi connectivity index (χ1v) is 11.4. The lowest BCUT2D eigenvalue weighted by molar-refractivity contribution is 0.304. The van der Waals surface area contributed by atoms with Crippen LogP contribution in [0.5, 0.6) is 23.0 Å². The number of nitrogens with two attached hydrogens (primary N) is 1. The zero-order valence-electron chi connectivity index (χ0n) is 19.6. The largest absolute Gasteiger partial charge is 0.494 e. The Kier molecular flexibility index (Phi) is 11.1. The molecule has 0 fully saturated rings. The van der Waals surface area contributed by atoms with Crippen LogP contribution in [-0.4, -0.2) is 34.5 Å². The highest BCUT2D eigenvalue weighted by Gasteiger charge is 2.18. The van der Waals surface area contributed by atoms with E-state index in [1.165, 1.54) is 37.7 Å². The summed E-state index contributed by atoms with van der Waals surface area (Å²) in [6.45, 7) is 3.55. The van der Waals surface area contributed by atoms with E-state index < -0.39 is 0 Å². The molecule has 0 amide bonds. The molecule has 0 aliphatic heterocycles. The summed E-state index contributed by atoms with van der Waals surface area (Å²) in [7, 11) is 4.86. The molecule has 0 aliphatic rings. The maximum absolute atomic E-state index is 6.12. The summed E-state index contributed by atoms with van der Waals surface area (Å²) in [5.74, 6) is 2.96. The summed E-state index contributed by atoms with van der Waals surface area (Å²) >= 11 is 0. The minimum atomic E-state index is 0.142. The fourth-order valence-electron chi connectivity index (χ4n) is 3.75.